The fraction of sp³-hybridized carbons (Fsp3) is 0.222. The Labute approximate surface area is 138 Å². The molecule has 1 heterocycles. The summed E-state index contributed by atoms with van der Waals surface area (Å²) in [5.41, 5.74) is 2.68. The first-order valence-corrected chi connectivity index (χ1v) is 8.07. The highest BCUT2D eigenvalue weighted by molar-refractivity contribution is 6.42. The minimum Gasteiger partial charge on any atom is -0.375 e. The fourth-order valence-electron chi connectivity index (χ4n) is 3.62. The van der Waals surface area contributed by atoms with E-state index in [4.69, 9.17) is 23.2 Å². The third-order valence-corrected chi connectivity index (χ3v) is 5.39. The van der Waals surface area contributed by atoms with Crippen molar-refractivity contribution in [3.05, 3.63) is 75.5 Å². The Kier molecular flexibility index (Phi) is 3.39. The van der Waals surface area contributed by atoms with Crippen LogP contribution < -0.4 is 5.32 Å². The van der Waals surface area contributed by atoms with Crippen LogP contribution in [0.4, 0.5) is 10.1 Å². The Morgan fingerprint density at radius 1 is 1.09 bits per heavy atom. The Balaban J connectivity index is 1.82. The summed E-state index contributed by atoms with van der Waals surface area (Å²) >= 11 is 12.2. The Morgan fingerprint density at radius 3 is 2.77 bits per heavy atom. The number of benzene rings is 2. The van der Waals surface area contributed by atoms with Gasteiger partial charge in [0.25, 0.3) is 0 Å². The summed E-state index contributed by atoms with van der Waals surface area (Å²) in [6, 6.07) is 10.9. The van der Waals surface area contributed by atoms with Gasteiger partial charge in [0.1, 0.15) is 5.82 Å². The second-order valence-corrected chi connectivity index (χ2v) is 6.67. The molecule has 4 heteroatoms. The quantitative estimate of drug-likeness (QED) is 0.635. The van der Waals surface area contributed by atoms with Gasteiger partial charge in [-0.25, -0.2) is 4.39 Å². The number of nitrogens with one attached hydrogen (secondary N) is 1. The maximum Gasteiger partial charge on any atom is 0.146 e. The molecule has 0 aromatic heterocycles. The molecule has 1 aliphatic carbocycles. The van der Waals surface area contributed by atoms with Gasteiger partial charge in [-0.3, -0.25) is 0 Å². The van der Waals surface area contributed by atoms with Gasteiger partial charge >= 0.3 is 0 Å². The summed E-state index contributed by atoms with van der Waals surface area (Å²) in [5.74, 6) is 0.402. The second kappa shape index (κ2) is 5.29. The Bertz CT molecular complexity index is 772. The zero-order chi connectivity index (χ0) is 15.3. The lowest BCUT2D eigenvalue weighted by Crippen LogP contribution is -2.29. The van der Waals surface area contributed by atoms with Gasteiger partial charge in [-0.05, 0) is 41.7 Å². The maximum absolute atomic E-state index is 14.2. The van der Waals surface area contributed by atoms with Gasteiger partial charge in [0, 0.05) is 5.92 Å². The molecular formula is C18H14Cl2FN. The molecule has 0 radical (unpaired) electrons. The molecule has 0 amide bonds. The number of fused-ring (bicyclic) bond motifs is 3. The lowest BCUT2D eigenvalue weighted by molar-refractivity contribution is 0.421. The molecule has 0 fully saturated rings. The SMILES string of the molecule is Fc1cccc2c1N[C@H](c1ccc(Cl)c(Cl)c1)C1CC=CC21. The van der Waals surface area contributed by atoms with Gasteiger partial charge in [-0.2, -0.15) is 0 Å². The monoisotopic (exact) mass is 333 g/mol. The highest BCUT2D eigenvalue weighted by Gasteiger charge is 2.38. The van der Waals surface area contributed by atoms with Crippen LogP contribution in [-0.2, 0) is 0 Å². The molecule has 2 aromatic rings. The molecule has 0 saturated heterocycles. The van der Waals surface area contributed by atoms with Crippen molar-refractivity contribution in [1.82, 2.24) is 0 Å². The van der Waals surface area contributed by atoms with E-state index in [1.54, 1.807) is 12.1 Å². The molecule has 1 aliphatic heterocycles. The van der Waals surface area contributed by atoms with Crippen LogP contribution in [0.15, 0.2) is 48.6 Å². The molecule has 22 heavy (non-hydrogen) atoms. The third-order valence-electron chi connectivity index (χ3n) is 4.65. The number of para-hydroxylation sites is 1. The summed E-state index contributed by atoms with van der Waals surface area (Å²) in [6.45, 7) is 0. The molecule has 3 atom stereocenters. The summed E-state index contributed by atoms with van der Waals surface area (Å²) in [6.07, 6.45) is 5.34. The molecule has 0 saturated carbocycles. The van der Waals surface area contributed by atoms with E-state index in [0.29, 0.717) is 21.7 Å². The summed E-state index contributed by atoms with van der Waals surface area (Å²) in [5, 5.41) is 4.45. The van der Waals surface area contributed by atoms with Crippen molar-refractivity contribution in [1.29, 1.82) is 0 Å². The van der Waals surface area contributed by atoms with E-state index in [0.717, 1.165) is 17.5 Å². The van der Waals surface area contributed by atoms with Crippen molar-refractivity contribution < 1.29 is 4.39 Å². The highest BCUT2D eigenvalue weighted by Crippen LogP contribution is 2.50. The zero-order valence-corrected chi connectivity index (χ0v) is 13.2. The summed E-state index contributed by atoms with van der Waals surface area (Å²) < 4.78 is 14.2. The zero-order valence-electron chi connectivity index (χ0n) is 11.7. The van der Waals surface area contributed by atoms with E-state index >= 15 is 0 Å². The minimum absolute atomic E-state index is 0.0270. The molecule has 1 nitrogen and oxygen atoms in total. The number of hydrogen-bond donors (Lipinski definition) is 1. The second-order valence-electron chi connectivity index (χ2n) is 5.85. The first-order valence-electron chi connectivity index (χ1n) is 7.31. The largest absolute Gasteiger partial charge is 0.375 e. The molecule has 1 N–H and O–H groups in total. The lowest BCUT2D eigenvalue weighted by atomic mass is 9.77. The van der Waals surface area contributed by atoms with Crippen molar-refractivity contribution in [2.24, 2.45) is 5.92 Å². The lowest BCUT2D eigenvalue weighted by Gasteiger charge is -2.37. The van der Waals surface area contributed by atoms with Crippen LogP contribution in [0, 0.1) is 11.7 Å². The van der Waals surface area contributed by atoms with Crippen molar-refractivity contribution in [3.63, 3.8) is 0 Å². The summed E-state index contributed by atoms with van der Waals surface area (Å²) in [4.78, 5) is 0. The Morgan fingerprint density at radius 2 is 1.95 bits per heavy atom. The van der Waals surface area contributed by atoms with Crippen LogP contribution in [-0.4, -0.2) is 0 Å². The van der Waals surface area contributed by atoms with Crippen LogP contribution in [0.2, 0.25) is 10.0 Å². The topological polar surface area (TPSA) is 12.0 Å². The predicted molar refractivity (Wildman–Crippen MR) is 89.2 cm³/mol. The van der Waals surface area contributed by atoms with Gasteiger partial charge in [0.2, 0.25) is 0 Å². The standard InChI is InChI=1S/C18H14Cl2FN/c19-14-8-7-10(9-15(14)20)17-12-4-1-3-11(12)13-5-2-6-16(21)18(13)22-17/h1-3,5-9,11-12,17,22H,4H2/t11?,12?,17-/m1/s1. The van der Waals surface area contributed by atoms with Gasteiger partial charge in [-0.1, -0.05) is 53.6 Å². The Hall–Kier alpha value is -1.51. The summed E-state index contributed by atoms with van der Waals surface area (Å²) in [7, 11) is 0. The van der Waals surface area contributed by atoms with Crippen molar-refractivity contribution in [2.45, 2.75) is 18.4 Å². The normalized spacial score (nSPS) is 25.5. The van der Waals surface area contributed by atoms with E-state index in [1.165, 1.54) is 6.07 Å². The molecule has 4 rings (SSSR count). The minimum atomic E-state index is -0.207. The number of anilines is 1. The van der Waals surface area contributed by atoms with Gasteiger partial charge in [-0.15, -0.1) is 0 Å². The van der Waals surface area contributed by atoms with E-state index < -0.39 is 0 Å². The highest BCUT2D eigenvalue weighted by atomic mass is 35.5. The molecular weight excluding hydrogens is 320 g/mol. The molecule has 2 aliphatic rings. The van der Waals surface area contributed by atoms with E-state index in [9.17, 15) is 4.39 Å². The maximum atomic E-state index is 14.2. The van der Waals surface area contributed by atoms with Crippen LogP contribution in [0.5, 0.6) is 0 Å². The van der Waals surface area contributed by atoms with Gasteiger partial charge in [0.15, 0.2) is 0 Å². The van der Waals surface area contributed by atoms with Crippen LogP contribution >= 0.6 is 23.2 Å². The molecule has 2 unspecified atom stereocenters. The number of halogens is 3. The van der Waals surface area contributed by atoms with Crippen molar-refractivity contribution >= 4 is 28.9 Å². The van der Waals surface area contributed by atoms with Crippen molar-refractivity contribution in [2.75, 3.05) is 5.32 Å². The first-order chi connectivity index (χ1) is 10.6. The van der Waals surface area contributed by atoms with E-state index in [2.05, 4.69) is 17.5 Å². The smallest absolute Gasteiger partial charge is 0.146 e. The van der Waals surface area contributed by atoms with Crippen LogP contribution in [0.25, 0.3) is 0 Å². The average Bonchev–Trinajstić information content (AvgIpc) is 3.00. The average molecular weight is 334 g/mol. The first kappa shape index (κ1) is 14.1. The fourth-order valence-corrected chi connectivity index (χ4v) is 3.93. The number of rotatable bonds is 1. The van der Waals surface area contributed by atoms with E-state index in [-0.39, 0.29) is 17.8 Å². The van der Waals surface area contributed by atoms with Crippen LogP contribution in [0.1, 0.15) is 29.5 Å². The van der Waals surface area contributed by atoms with Gasteiger partial charge in [0.05, 0.1) is 21.8 Å². The molecule has 2 aromatic carbocycles. The predicted octanol–water partition coefficient (Wildman–Crippen LogP) is 5.96. The van der Waals surface area contributed by atoms with Gasteiger partial charge < -0.3 is 5.32 Å². The van der Waals surface area contributed by atoms with Crippen LogP contribution in [0.3, 0.4) is 0 Å². The molecule has 0 bridgehead atoms. The van der Waals surface area contributed by atoms with Crippen molar-refractivity contribution in [3.8, 4) is 0 Å². The molecule has 112 valence electrons. The number of allylic oxidation sites excluding steroid dienone is 2. The van der Waals surface area contributed by atoms with E-state index in [1.807, 2.05) is 18.2 Å². The molecule has 0 spiro atoms. The third kappa shape index (κ3) is 2.13. The number of hydrogen-bond acceptors (Lipinski definition) is 1.